The summed E-state index contributed by atoms with van der Waals surface area (Å²) in [5.41, 5.74) is 0.273. The molecule has 2 fully saturated rings. The van der Waals surface area contributed by atoms with Crippen molar-refractivity contribution in [1.82, 2.24) is 4.90 Å². The highest BCUT2D eigenvalue weighted by molar-refractivity contribution is 4.94. The van der Waals surface area contributed by atoms with Crippen molar-refractivity contribution in [3.63, 3.8) is 0 Å². The zero-order chi connectivity index (χ0) is 9.31. The quantitative estimate of drug-likeness (QED) is 0.648. The monoisotopic (exact) mass is 183 g/mol. The summed E-state index contributed by atoms with van der Waals surface area (Å²) in [6.07, 6.45) is 3.83. The summed E-state index contributed by atoms with van der Waals surface area (Å²) in [5.74, 6) is 0.788. The fourth-order valence-electron chi connectivity index (χ4n) is 2.68. The fraction of sp³-hybridized carbons (Fsp3) is 1.00. The summed E-state index contributed by atoms with van der Waals surface area (Å²) in [6, 6.07) is 0. The van der Waals surface area contributed by atoms with Crippen LogP contribution in [0.5, 0.6) is 0 Å². The molecule has 1 atom stereocenters. The molecular formula is C11H21NO. The molecule has 0 saturated carbocycles. The highest BCUT2D eigenvalue weighted by Gasteiger charge is 2.41. The topological polar surface area (TPSA) is 12.5 Å². The number of ether oxygens (including phenoxy) is 1. The average Bonchev–Trinajstić information content (AvgIpc) is 2.63. The van der Waals surface area contributed by atoms with Gasteiger partial charge in [-0.15, -0.1) is 0 Å². The smallest absolute Gasteiger partial charge is 0.0821 e. The number of hydrogen-bond donors (Lipinski definition) is 0. The molecule has 76 valence electrons. The van der Waals surface area contributed by atoms with Gasteiger partial charge in [0, 0.05) is 26.2 Å². The van der Waals surface area contributed by atoms with Crippen molar-refractivity contribution in [2.45, 2.75) is 38.7 Å². The van der Waals surface area contributed by atoms with E-state index in [1.807, 2.05) is 0 Å². The van der Waals surface area contributed by atoms with Crippen molar-refractivity contribution in [3.05, 3.63) is 0 Å². The molecule has 2 aliphatic rings. The highest BCUT2D eigenvalue weighted by Crippen LogP contribution is 2.34. The molecule has 2 aliphatic heterocycles. The van der Waals surface area contributed by atoms with Crippen LogP contribution in [0, 0.1) is 5.92 Å². The van der Waals surface area contributed by atoms with E-state index >= 15 is 0 Å². The Bertz CT molecular complexity index is 173. The zero-order valence-electron chi connectivity index (χ0n) is 8.88. The number of likely N-dealkylation sites (tertiary alicyclic amines) is 1. The van der Waals surface area contributed by atoms with Crippen molar-refractivity contribution >= 4 is 0 Å². The maximum atomic E-state index is 5.87. The van der Waals surface area contributed by atoms with E-state index in [1.165, 1.54) is 38.9 Å². The second-order valence-electron chi connectivity index (χ2n) is 5.01. The van der Waals surface area contributed by atoms with E-state index in [1.54, 1.807) is 0 Å². The standard InChI is InChI=1S/C11H21NO/c1-10(2)8-12-6-5-11(9-12)4-3-7-13-11/h10H,3-9H2,1-2H3/t11-/m0/s1. The molecular weight excluding hydrogens is 162 g/mol. The first-order valence-electron chi connectivity index (χ1n) is 5.57. The Balaban J connectivity index is 1.86. The predicted molar refractivity (Wildman–Crippen MR) is 53.8 cm³/mol. The lowest BCUT2D eigenvalue weighted by molar-refractivity contribution is 0.0120. The van der Waals surface area contributed by atoms with Gasteiger partial charge >= 0.3 is 0 Å². The molecule has 0 aliphatic carbocycles. The Labute approximate surface area is 81.3 Å². The van der Waals surface area contributed by atoms with Gasteiger partial charge in [0.2, 0.25) is 0 Å². The van der Waals surface area contributed by atoms with Gasteiger partial charge in [-0.3, -0.25) is 0 Å². The third kappa shape index (κ3) is 2.05. The molecule has 0 radical (unpaired) electrons. The van der Waals surface area contributed by atoms with Crippen LogP contribution in [0.25, 0.3) is 0 Å². The molecule has 0 aromatic rings. The maximum Gasteiger partial charge on any atom is 0.0821 e. The van der Waals surface area contributed by atoms with Gasteiger partial charge < -0.3 is 9.64 Å². The van der Waals surface area contributed by atoms with Crippen LogP contribution < -0.4 is 0 Å². The van der Waals surface area contributed by atoms with E-state index < -0.39 is 0 Å². The van der Waals surface area contributed by atoms with Crippen LogP contribution in [0.2, 0.25) is 0 Å². The van der Waals surface area contributed by atoms with Crippen molar-refractivity contribution in [2.24, 2.45) is 5.92 Å². The van der Waals surface area contributed by atoms with Crippen LogP contribution in [-0.2, 0) is 4.74 Å². The van der Waals surface area contributed by atoms with E-state index in [0.717, 1.165) is 12.5 Å². The molecule has 1 spiro atoms. The maximum absolute atomic E-state index is 5.87. The summed E-state index contributed by atoms with van der Waals surface area (Å²) in [4.78, 5) is 2.57. The second-order valence-corrected chi connectivity index (χ2v) is 5.01. The van der Waals surface area contributed by atoms with Crippen LogP contribution in [0.15, 0.2) is 0 Å². The number of nitrogens with zero attached hydrogens (tertiary/aromatic N) is 1. The molecule has 0 unspecified atom stereocenters. The third-order valence-electron chi connectivity index (χ3n) is 3.20. The fourth-order valence-corrected chi connectivity index (χ4v) is 2.68. The molecule has 0 amide bonds. The van der Waals surface area contributed by atoms with E-state index in [9.17, 15) is 0 Å². The van der Waals surface area contributed by atoms with Crippen molar-refractivity contribution in [1.29, 1.82) is 0 Å². The molecule has 2 heterocycles. The van der Waals surface area contributed by atoms with Crippen LogP contribution in [0.4, 0.5) is 0 Å². The summed E-state index contributed by atoms with van der Waals surface area (Å²) >= 11 is 0. The van der Waals surface area contributed by atoms with Gasteiger partial charge in [0.05, 0.1) is 5.60 Å². The minimum Gasteiger partial charge on any atom is -0.374 e. The molecule has 0 aromatic heterocycles. The summed E-state index contributed by atoms with van der Waals surface area (Å²) in [5, 5.41) is 0. The van der Waals surface area contributed by atoms with Gasteiger partial charge in [-0.25, -0.2) is 0 Å². The SMILES string of the molecule is CC(C)CN1CC[C@@]2(CCCO2)C1. The van der Waals surface area contributed by atoms with E-state index in [2.05, 4.69) is 18.7 Å². The Morgan fingerprint density at radius 2 is 2.23 bits per heavy atom. The van der Waals surface area contributed by atoms with Gasteiger partial charge in [0.1, 0.15) is 0 Å². The Morgan fingerprint density at radius 3 is 2.85 bits per heavy atom. The van der Waals surface area contributed by atoms with E-state index in [4.69, 9.17) is 4.74 Å². The van der Waals surface area contributed by atoms with Crippen LogP contribution in [-0.4, -0.2) is 36.7 Å². The molecule has 2 heteroatoms. The Hall–Kier alpha value is -0.0800. The normalized spacial score (nSPS) is 35.3. The van der Waals surface area contributed by atoms with Crippen molar-refractivity contribution in [3.8, 4) is 0 Å². The van der Waals surface area contributed by atoms with Crippen LogP contribution in [0.3, 0.4) is 0 Å². The zero-order valence-corrected chi connectivity index (χ0v) is 8.88. The number of rotatable bonds is 2. The lowest BCUT2D eigenvalue weighted by atomic mass is 10.00. The molecule has 2 nitrogen and oxygen atoms in total. The minimum atomic E-state index is 0.273. The van der Waals surface area contributed by atoms with Crippen LogP contribution in [0.1, 0.15) is 33.1 Å². The Kier molecular flexibility index (Phi) is 2.61. The molecule has 2 rings (SSSR count). The largest absolute Gasteiger partial charge is 0.374 e. The summed E-state index contributed by atoms with van der Waals surface area (Å²) in [7, 11) is 0. The third-order valence-corrected chi connectivity index (χ3v) is 3.20. The average molecular weight is 183 g/mol. The molecule has 0 bridgehead atoms. The molecule has 13 heavy (non-hydrogen) atoms. The summed E-state index contributed by atoms with van der Waals surface area (Å²) in [6.45, 7) is 9.25. The lowest BCUT2D eigenvalue weighted by Crippen LogP contribution is -2.33. The van der Waals surface area contributed by atoms with Gasteiger partial charge in [-0.2, -0.15) is 0 Å². The predicted octanol–water partition coefficient (Wildman–Crippen LogP) is 1.90. The van der Waals surface area contributed by atoms with Gasteiger partial charge in [0.25, 0.3) is 0 Å². The van der Waals surface area contributed by atoms with E-state index in [0.29, 0.717) is 0 Å². The second kappa shape index (κ2) is 3.58. The van der Waals surface area contributed by atoms with Crippen molar-refractivity contribution in [2.75, 3.05) is 26.2 Å². The first kappa shape index (κ1) is 9.47. The van der Waals surface area contributed by atoms with Gasteiger partial charge in [-0.05, 0) is 25.2 Å². The van der Waals surface area contributed by atoms with Crippen molar-refractivity contribution < 1.29 is 4.74 Å². The molecule has 0 N–H and O–H groups in total. The lowest BCUT2D eigenvalue weighted by Gasteiger charge is -2.24. The molecule has 2 saturated heterocycles. The van der Waals surface area contributed by atoms with Gasteiger partial charge in [0.15, 0.2) is 0 Å². The highest BCUT2D eigenvalue weighted by atomic mass is 16.5. The van der Waals surface area contributed by atoms with Crippen LogP contribution >= 0.6 is 0 Å². The molecule has 0 aromatic carbocycles. The minimum absolute atomic E-state index is 0.273. The Morgan fingerprint density at radius 1 is 1.38 bits per heavy atom. The number of hydrogen-bond acceptors (Lipinski definition) is 2. The summed E-state index contributed by atoms with van der Waals surface area (Å²) < 4.78 is 5.87. The first-order valence-corrected chi connectivity index (χ1v) is 5.57. The van der Waals surface area contributed by atoms with E-state index in [-0.39, 0.29) is 5.60 Å². The van der Waals surface area contributed by atoms with Gasteiger partial charge in [-0.1, -0.05) is 13.8 Å². The first-order chi connectivity index (χ1) is 6.20.